The van der Waals surface area contributed by atoms with E-state index in [2.05, 4.69) is 20.8 Å². The first-order valence-electron chi connectivity index (χ1n) is 11.0. The number of aliphatic carboxylic acids is 1. The minimum atomic E-state index is -1.01. The number of epoxide rings is 1. The average molecular weight is 386 g/mol. The van der Waals surface area contributed by atoms with E-state index in [-0.39, 0.29) is 28.3 Å². The summed E-state index contributed by atoms with van der Waals surface area (Å²) in [5.41, 5.74) is -0.271. The summed E-state index contributed by atoms with van der Waals surface area (Å²) in [6.07, 6.45) is 6.73. The Morgan fingerprint density at radius 3 is 2.75 bits per heavy atom. The number of ketones is 1. The molecule has 1 spiro atoms. The molecule has 0 aromatic carbocycles. The highest BCUT2D eigenvalue weighted by Crippen LogP contribution is 2.82. The lowest BCUT2D eigenvalue weighted by Gasteiger charge is -2.57. The van der Waals surface area contributed by atoms with E-state index < -0.39 is 17.5 Å². The van der Waals surface area contributed by atoms with Gasteiger partial charge in [-0.15, -0.1) is 0 Å². The summed E-state index contributed by atoms with van der Waals surface area (Å²) in [7, 11) is 0. The Labute approximate surface area is 165 Å². The summed E-state index contributed by atoms with van der Waals surface area (Å²) in [4.78, 5) is 24.3. The molecule has 6 aliphatic rings. The first-order valence-corrected chi connectivity index (χ1v) is 11.0. The third-order valence-electron chi connectivity index (χ3n) is 10.4. The molecule has 1 aliphatic heterocycles. The van der Waals surface area contributed by atoms with Crippen LogP contribution in [0.25, 0.3) is 0 Å². The number of hydrogen-bond donors (Lipinski definition) is 2. The third-order valence-corrected chi connectivity index (χ3v) is 10.4. The Morgan fingerprint density at radius 2 is 2.07 bits per heavy atom. The molecule has 0 amide bonds. The second-order valence-corrected chi connectivity index (χ2v) is 11.0. The Morgan fingerprint density at radius 1 is 1.32 bits per heavy atom. The summed E-state index contributed by atoms with van der Waals surface area (Å²) in [6, 6.07) is 0. The second-order valence-electron chi connectivity index (χ2n) is 11.0. The largest absolute Gasteiger partial charge is 0.481 e. The third kappa shape index (κ3) is 1.63. The van der Waals surface area contributed by atoms with Crippen LogP contribution in [-0.2, 0) is 14.3 Å². The van der Waals surface area contributed by atoms with Crippen LogP contribution in [0.3, 0.4) is 0 Å². The van der Waals surface area contributed by atoms with E-state index in [1.165, 1.54) is 5.57 Å². The van der Waals surface area contributed by atoms with Crippen molar-refractivity contribution in [2.45, 2.75) is 76.6 Å². The lowest BCUT2D eigenvalue weighted by Crippen LogP contribution is -2.61. The van der Waals surface area contributed by atoms with Crippen LogP contribution in [0, 0.1) is 40.4 Å². The fourth-order valence-corrected chi connectivity index (χ4v) is 8.80. The fraction of sp³-hybridized carbons (Fsp3) is 0.826. The molecule has 28 heavy (non-hydrogen) atoms. The van der Waals surface area contributed by atoms with E-state index in [9.17, 15) is 19.8 Å². The lowest BCUT2D eigenvalue weighted by molar-refractivity contribution is -0.149. The SMILES string of the molecule is CC[C@]1(O)CC[C@H]2[C@@H]3[C@@H]4C[C@@H]4C4=CC(=O)C(C(=O)O)C[C@]4(C)[C@]34O[C@@H]4C[C@@]21C. The van der Waals surface area contributed by atoms with Gasteiger partial charge in [0.25, 0.3) is 0 Å². The maximum absolute atomic E-state index is 12.5. The molecule has 5 aliphatic carbocycles. The molecular formula is C23H30O5. The van der Waals surface area contributed by atoms with Crippen LogP contribution < -0.4 is 0 Å². The van der Waals surface area contributed by atoms with Crippen LogP contribution in [0.5, 0.6) is 0 Å². The molecule has 5 fully saturated rings. The highest BCUT2D eigenvalue weighted by atomic mass is 16.6. The first kappa shape index (κ1) is 17.6. The summed E-state index contributed by atoms with van der Waals surface area (Å²) in [5, 5.41) is 21.1. The van der Waals surface area contributed by atoms with Crippen molar-refractivity contribution in [3.05, 3.63) is 11.6 Å². The Hall–Kier alpha value is -1.20. The number of carbonyl (C=O) groups excluding carboxylic acids is 1. The zero-order valence-corrected chi connectivity index (χ0v) is 16.9. The van der Waals surface area contributed by atoms with E-state index in [1.807, 2.05) is 0 Å². The highest BCUT2D eigenvalue weighted by Gasteiger charge is 2.85. The van der Waals surface area contributed by atoms with Crippen molar-refractivity contribution >= 4 is 11.8 Å². The molecule has 4 saturated carbocycles. The molecule has 0 aromatic heterocycles. The van der Waals surface area contributed by atoms with Gasteiger partial charge < -0.3 is 14.9 Å². The van der Waals surface area contributed by atoms with E-state index >= 15 is 0 Å². The molecule has 0 aromatic rings. The van der Waals surface area contributed by atoms with Crippen molar-refractivity contribution in [3.63, 3.8) is 0 Å². The normalized spacial score (nSPS) is 60.6. The van der Waals surface area contributed by atoms with Gasteiger partial charge in [-0.25, -0.2) is 0 Å². The van der Waals surface area contributed by atoms with E-state index in [0.29, 0.717) is 30.1 Å². The molecule has 6 rings (SSSR count). The molecule has 152 valence electrons. The van der Waals surface area contributed by atoms with E-state index in [4.69, 9.17) is 4.74 Å². The number of aliphatic hydroxyl groups is 1. The fourth-order valence-electron chi connectivity index (χ4n) is 8.80. The van der Waals surface area contributed by atoms with Gasteiger partial charge in [-0.2, -0.15) is 0 Å². The summed E-state index contributed by atoms with van der Waals surface area (Å²) in [6.45, 7) is 6.54. The molecule has 1 heterocycles. The second kappa shape index (κ2) is 4.75. The highest BCUT2D eigenvalue weighted by molar-refractivity contribution is 6.06. The average Bonchev–Trinajstić information content (AvgIpc) is 3.53. The smallest absolute Gasteiger partial charge is 0.314 e. The number of carboxylic acids is 1. The Balaban J connectivity index is 1.48. The van der Waals surface area contributed by atoms with Gasteiger partial charge in [0.05, 0.1) is 11.7 Å². The van der Waals surface area contributed by atoms with Crippen LogP contribution >= 0.6 is 0 Å². The summed E-state index contributed by atoms with van der Waals surface area (Å²) >= 11 is 0. The van der Waals surface area contributed by atoms with Crippen molar-refractivity contribution in [1.82, 2.24) is 0 Å². The Kier molecular flexibility index (Phi) is 2.99. The van der Waals surface area contributed by atoms with Crippen molar-refractivity contribution in [2.24, 2.45) is 40.4 Å². The van der Waals surface area contributed by atoms with Crippen molar-refractivity contribution in [3.8, 4) is 0 Å². The molecule has 0 bridgehead atoms. The quantitative estimate of drug-likeness (QED) is 0.563. The summed E-state index contributed by atoms with van der Waals surface area (Å²) in [5.74, 6) is -0.458. The van der Waals surface area contributed by atoms with Gasteiger partial charge in [-0.05, 0) is 68.3 Å². The maximum Gasteiger partial charge on any atom is 0.314 e. The predicted molar refractivity (Wildman–Crippen MR) is 100 cm³/mol. The predicted octanol–water partition coefficient (Wildman–Crippen LogP) is 2.96. The molecular weight excluding hydrogens is 356 g/mol. The zero-order valence-electron chi connectivity index (χ0n) is 16.9. The molecule has 0 radical (unpaired) electrons. The van der Waals surface area contributed by atoms with Gasteiger partial charge in [0.15, 0.2) is 5.78 Å². The van der Waals surface area contributed by atoms with Gasteiger partial charge in [-0.1, -0.05) is 26.3 Å². The van der Waals surface area contributed by atoms with Crippen LogP contribution in [0.2, 0.25) is 0 Å². The van der Waals surface area contributed by atoms with Gasteiger partial charge in [-0.3, -0.25) is 9.59 Å². The standard InChI is InChI=1S/C23H30O5/c1-4-22(27)6-5-14-18-12-7-11(12)15-8-16(24)13(19(25)26)9-21(15,3)23(18)17(28-23)10-20(14,22)2/h8,11-14,17-18,27H,4-7,9-10H2,1-3H3,(H,25,26)/t11-,12+,13?,14-,17+,18-,20-,21-,22-,23+/m0/s1. The van der Waals surface area contributed by atoms with E-state index in [0.717, 1.165) is 32.1 Å². The number of hydrogen-bond acceptors (Lipinski definition) is 4. The topological polar surface area (TPSA) is 87.1 Å². The molecule has 1 unspecified atom stereocenters. The number of carbonyl (C=O) groups is 2. The van der Waals surface area contributed by atoms with Crippen LogP contribution in [0.1, 0.15) is 59.3 Å². The molecule has 5 heteroatoms. The van der Waals surface area contributed by atoms with Crippen molar-refractivity contribution in [2.75, 3.05) is 0 Å². The minimum absolute atomic E-state index is 0.0764. The number of fused-ring (bicyclic) bond motifs is 6. The molecule has 1 saturated heterocycles. The van der Waals surface area contributed by atoms with Gasteiger partial charge in [0, 0.05) is 10.8 Å². The maximum atomic E-state index is 12.5. The molecule has 2 N–H and O–H groups in total. The number of ether oxygens (including phenoxy) is 1. The van der Waals surface area contributed by atoms with Gasteiger partial charge >= 0.3 is 5.97 Å². The summed E-state index contributed by atoms with van der Waals surface area (Å²) < 4.78 is 6.59. The lowest BCUT2D eigenvalue weighted by atomic mass is 9.45. The molecule has 10 atom stereocenters. The van der Waals surface area contributed by atoms with Gasteiger partial charge in [0.1, 0.15) is 11.5 Å². The minimum Gasteiger partial charge on any atom is -0.481 e. The van der Waals surface area contributed by atoms with Crippen LogP contribution in [0.4, 0.5) is 0 Å². The number of rotatable bonds is 2. The Bertz CT molecular complexity index is 848. The first-order chi connectivity index (χ1) is 13.1. The van der Waals surface area contributed by atoms with E-state index in [1.54, 1.807) is 6.08 Å². The van der Waals surface area contributed by atoms with Crippen molar-refractivity contribution in [1.29, 1.82) is 0 Å². The number of carboxylic acid groups (broad SMARTS) is 1. The zero-order chi connectivity index (χ0) is 19.9. The molecule has 5 nitrogen and oxygen atoms in total. The van der Waals surface area contributed by atoms with Gasteiger partial charge in [0.2, 0.25) is 0 Å². The van der Waals surface area contributed by atoms with Crippen molar-refractivity contribution < 1.29 is 24.5 Å². The monoisotopic (exact) mass is 386 g/mol. The van der Waals surface area contributed by atoms with Crippen LogP contribution in [-0.4, -0.2) is 39.3 Å². The van der Waals surface area contributed by atoms with Crippen LogP contribution in [0.15, 0.2) is 11.6 Å².